The molecule has 5 nitrogen and oxygen atoms in total. The monoisotopic (exact) mass is 353 g/mol. The summed E-state index contributed by atoms with van der Waals surface area (Å²) in [5.41, 5.74) is 0.433. The van der Waals surface area contributed by atoms with Crippen LogP contribution >= 0.6 is 11.3 Å². The molecule has 0 aliphatic heterocycles. The summed E-state index contributed by atoms with van der Waals surface area (Å²) in [6.45, 7) is -0.232. The fourth-order valence-corrected chi connectivity index (χ4v) is 3.74. The molecule has 7 heteroatoms. The maximum absolute atomic E-state index is 13.6. The van der Waals surface area contributed by atoms with Crippen molar-refractivity contribution in [3.05, 3.63) is 71.0 Å². The second-order valence-electron chi connectivity index (χ2n) is 5.48. The van der Waals surface area contributed by atoms with Gasteiger partial charge in [0.1, 0.15) is 17.1 Å². The van der Waals surface area contributed by atoms with Gasteiger partial charge < -0.3 is 5.32 Å². The highest BCUT2D eigenvalue weighted by molar-refractivity contribution is 7.25. The summed E-state index contributed by atoms with van der Waals surface area (Å²) in [6.07, 6.45) is 1.35. The lowest BCUT2D eigenvalue weighted by atomic mass is 10.2. The SMILES string of the molecule is O=C(Cn1cnc2c(sc3ccccc32)c1=O)Nc1ccccc1F. The Balaban J connectivity index is 1.67. The molecule has 2 aromatic heterocycles. The number of hydrogen-bond donors (Lipinski definition) is 1. The molecule has 0 aliphatic carbocycles. The van der Waals surface area contributed by atoms with Crippen LogP contribution < -0.4 is 10.9 Å². The number of nitrogens with one attached hydrogen (secondary N) is 1. The van der Waals surface area contributed by atoms with Crippen LogP contribution in [0.1, 0.15) is 0 Å². The van der Waals surface area contributed by atoms with Gasteiger partial charge in [-0.2, -0.15) is 0 Å². The summed E-state index contributed by atoms with van der Waals surface area (Å²) in [6, 6.07) is 13.5. The average Bonchev–Trinajstić information content (AvgIpc) is 2.99. The normalized spacial score (nSPS) is 11.1. The van der Waals surface area contributed by atoms with Gasteiger partial charge in [0, 0.05) is 10.1 Å². The fourth-order valence-electron chi connectivity index (χ4n) is 2.63. The van der Waals surface area contributed by atoms with Crippen LogP contribution in [0.3, 0.4) is 0 Å². The zero-order valence-corrected chi connectivity index (χ0v) is 13.7. The molecule has 0 spiro atoms. The first-order valence-electron chi connectivity index (χ1n) is 7.54. The number of nitrogens with zero attached hydrogens (tertiary/aromatic N) is 2. The molecule has 1 N–H and O–H groups in total. The first kappa shape index (κ1) is 15.5. The van der Waals surface area contributed by atoms with Gasteiger partial charge in [0.05, 0.1) is 17.5 Å². The van der Waals surface area contributed by atoms with Gasteiger partial charge in [0.25, 0.3) is 5.56 Å². The number of fused-ring (bicyclic) bond motifs is 3. The van der Waals surface area contributed by atoms with Crippen molar-refractivity contribution in [2.24, 2.45) is 0 Å². The van der Waals surface area contributed by atoms with E-state index in [0.717, 1.165) is 10.1 Å². The lowest BCUT2D eigenvalue weighted by Crippen LogP contribution is -2.27. The Hall–Kier alpha value is -3.06. The fraction of sp³-hybridized carbons (Fsp3) is 0.0556. The molecule has 0 unspecified atom stereocenters. The first-order chi connectivity index (χ1) is 12.1. The van der Waals surface area contributed by atoms with Crippen molar-refractivity contribution in [2.45, 2.75) is 6.54 Å². The highest BCUT2D eigenvalue weighted by atomic mass is 32.1. The molecule has 0 saturated heterocycles. The van der Waals surface area contributed by atoms with Gasteiger partial charge in [-0.05, 0) is 18.2 Å². The second kappa shape index (κ2) is 6.10. The maximum Gasteiger partial charge on any atom is 0.271 e. The number of halogens is 1. The van der Waals surface area contributed by atoms with Gasteiger partial charge in [-0.25, -0.2) is 9.37 Å². The average molecular weight is 353 g/mol. The molecule has 124 valence electrons. The van der Waals surface area contributed by atoms with E-state index >= 15 is 0 Å². The van der Waals surface area contributed by atoms with Gasteiger partial charge in [0.2, 0.25) is 5.91 Å². The number of thiophene rings is 1. The van der Waals surface area contributed by atoms with Crippen molar-refractivity contribution in [3.8, 4) is 0 Å². The van der Waals surface area contributed by atoms with E-state index in [0.29, 0.717) is 10.2 Å². The molecule has 0 bridgehead atoms. The van der Waals surface area contributed by atoms with Crippen molar-refractivity contribution < 1.29 is 9.18 Å². The van der Waals surface area contributed by atoms with Gasteiger partial charge >= 0.3 is 0 Å². The van der Waals surface area contributed by atoms with E-state index < -0.39 is 11.7 Å². The van der Waals surface area contributed by atoms with Crippen molar-refractivity contribution in [1.82, 2.24) is 9.55 Å². The Kier molecular flexibility index (Phi) is 3.77. The lowest BCUT2D eigenvalue weighted by Gasteiger charge is -2.07. The molecule has 0 radical (unpaired) electrons. The Labute approximate surface area is 145 Å². The van der Waals surface area contributed by atoms with Crippen LogP contribution in [-0.2, 0) is 11.3 Å². The zero-order chi connectivity index (χ0) is 17.4. The number of carbonyl (C=O) groups excluding carboxylic acids is 1. The minimum absolute atomic E-state index is 0.0800. The van der Waals surface area contributed by atoms with E-state index in [-0.39, 0.29) is 17.8 Å². The van der Waals surface area contributed by atoms with E-state index in [1.165, 1.54) is 40.4 Å². The number of amides is 1. The second-order valence-corrected chi connectivity index (χ2v) is 6.53. The molecule has 4 aromatic rings. The standard InChI is InChI=1S/C18H12FN3O2S/c19-12-6-2-3-7-13(12)21-15(23)9-22-10-20-16-11-5-1-4-8-14(11)25-17(16)18(22)24/h1-8,10H,9H2,(H,21,23). The smallest absolute Gasteiger partial charge is 0.271 e. The predicted octanol–water partition coefficient (Wildman–Crippen LogP) is 3.39. The molecular weight excluding hydrogens is 341 g/mol. The molecule has 2 heterocycles. The maximum atomic E-state index is 13.6. The minimum atomic E-state index is -0.527. The Morgan fingerprint density at radius 2 is 1.92 bits per heavy atom. The van der Waals surface area contributed by atoms with E-state index in [1.807, 2.05) is 24.3 Å². The topological polar surface area (TPSA) is 64.0 Å². The molecule has 2 aromatic carbocycles. The lowest BCUT2D eigenvalue weighted by molar-refractivity contribution is -0.116. The predicted molar refractivity (Wildman–Crippen MR) is 96.4 cm³/mol. The van der Waals surface area contributed by atoms with Gasteiger partial charge in [0.15, 0.2) is 0 Å². The molecule has 1 amide bonds. The number of hydrogen-bond acceptors (Lipinski definition) is 4. The number of para-hydroxylation sites is 1. The number of rotatable bonds is 3. The molecule has 4 rings (SSSR count). The molecule has 0 aliphatic rings. The van der Waals surface area contributed by atoms with Crippen LogP contribution in [0.2, 0.25) is 0 Å². The van der Waals surface area contributed by atoms with Gasteiger partial charge in [-0.1, -0.05) is 30.3 Å². The van der Waals surface area contributed by atoms with Crippen LogP contribution in [0.4, 0.5) is 10.1 Å². The molecule has 0 atom stereocenters. The number of benzene rings is 2. The van der Waals surface area contributed by atoms with E-state index in [1.54, 1.807) is 6.07 Å². The quantitative estimate of drug-likeness (QED) is 0.614. The molecular formula is C18H12FN3O2S. The van der Waals surface area contributed by atoms with Gasteiger partial charge in [-0.3, -0.25) is 14.2 Å². The Morgan fingerprint density at radius 1 is 1.16 bits per heavy atom. The third kappa shape index (κ3) is 2.78. The van der Waals surface area contributed by atoms with Crippen molar-refractivity contribution >= 4 is 43.2 Å². The summed E-state index contributed by atoms with van der Waals surface area (Å²) >= 11 is 1.35. The van der Waals surface area contributed by atoms with Crippen molar-refractivity contribution in [3.63, 3.8) is 0 Å². The Morgan fingerprint density at radius 3 is 2.76 bits per heavy atom. The Bertz CT molecular complexity index is 1170. The molecule has 25 heavy (non-hydrogen) atoms. The van der Waals surface area contributed by atoms with Crippen molar-refractivity contribution in [1.29, 1.82) is 0 Å². The highest BCUT2D eigenvalue weighted by Gasteiger charge is 2.13. The largest absolute Gasteiger partial charge is 0.322 e. The van der Waals surface area contributed by atoms with E-state index in [2.05, 4.69) is 10.3 Å². The minimum Gasteiger partial charge on any atom is -0.322 e. The zero-order valence-electron chi connectivity index (χ0n) is 12.9. The van der Waals surface area contributed by atoms with Crippen LogP contribution in [0.5, 0.6) is 0 Å². The van der Waals surface area contributed by atoms with Crippen LogP contribution in [0.15, 0.2) is 59.7 Å². The molecule has 0 fully saturated rings. The highest BCUT2D eigenvalue weighted by Crippen LogP contribution is 2.29. The summed E-state index contributed by atoms with van der Waals surface area (Å²) in [4.78, 5) is 29.1. The summed E-state index contributed by atoms with van der Waals surface area (Å²) in [5.74, 6) is -1.02. The van der Waals surface area contributed by atoms with Crippen molar-refractivity contribution in [2.75, 3.05) is 5.32 Å². The van der Waals surface area contributed by atoms with Crippen LogP contribution in [0.25, 0.3) is 20.3 Å². The molecule has 0 saturated carbocycles. The van der Waals surface area contributed by atoms with Gasteiger partial charge in [-0.15, -0.1) is 11.3 Å². The van der Waals surface area contributed by atoms with E-state index in [9.17, 15) is 14.0 Å². The van der Waals surface area contributed by atoms with E-state index in [4.69, 9.17) is 0 Å². The third-order valence-electron chi connectivity index (χ3n) is 3.81. The van der Waals surface area contributed by atoms with Crippen LogP contribution in [0, 0.1) is 5.82 Å². The summed E-state index contributed by atoms with van der Waals surface area (Å²) in [5, 5.41) is 3.38. The number of anilines is 1. The van der Waals surface area contributed by atoms with Crippen LogP contribution in [-0.4, -0.2) is 15.5 Å². The summed E-state index contributed by atoms with van der Waals surface area (Å²) < 4.78 is 16.3. The summed E-state index contributed by atoms with van der Waals surface area (Å²) in [7, 11) is 0. The third-order valence-corrected chi connectivity index (χ3v) is 4.96. The number of carbonyl (C=O) groups is 1. The number of aromatic nitrogens is 2. The first-order valence-corrected chi connectivity index (χ1v) is 8.36.